The highest BCUT2D eigenvalue weighted by atomic mass is 35.5. The zero-order valence-electron chi connectivity index (χ0n) is 10.2. The number of halogens is 3. The first-order chi connectivity index (χ1) is 9.29. The summed E-state index contributed by atoms with van der Waals surface area (Å²) in [5, 5.41) is 0.447. The molecule has 106 valence electrons. The molecule has 2 aromatic rings. The number of aryl methyl sites for hydroxylation is 1. The molecule has 0 N–H and O–H groups in total. The van der Waals surface area contributed by atoms with Crippen LogP contribution in [0.5, 0.6) is 5.75 Å². The predicted octanol–water partition coefficient (Wildman–Crippen LogP) is 3.69. The van der Waals surface area contributed by atoms with Crippen LogP contribution >= 0.6 is 11.6 Å². The van der Waals surface area contributed by atoms with Crippen LogP contribution in [-0.2, 0) is 10.1 Å². The number of hydrogen-bond acceptors (Lipinski definition) is 3. The molecule has 2 aromatic carbocycles. The van der Waals surface area contributed by atoms with Gasteiger partial charge in [-0.15, -0.1) is 0 Å². The third-order valence-corrected chi connectivity index (χ3v) is 4.20. The van der Waals surface area contributed by atoms with Gasteiger partial charge in [-0.1, -0.05) is 11.6 Å². The minimum atomic E-state index is -4.38. The summed E-state index contributed by atoms with van der Waals surface area (Å²) in [5.74, 6) is -2.09. The van der Waals surface area contributed by atoms with Gasteiger partial charge >= 0.3 is 10.1 Å². The van der Waals surface area contributed by atoms with Crippen molar-refractivity contribution in [2.45, 2.75) is 11.8 Å². The lowest BCUT2D eigenvalue weighted by Crippen LogP contribution is -2.12. The van der Waals surface area contributed by atoms with E-state index in [2.05, 4.69) is 0 Å². The Hall–Kier alpha value is -1.66. The van der Waals surface area contributed by atoms with E-state index in [9.17, 15) is 17.2 Å². The fourth-order valence-electron chi connectivity index (χ4n) is 1.52. The zero-order valence-corrected chi connectivity index (χ0v) is 11.8. The third-order valence-electron chi connectivity index (χ3n) is 2.50. The molecule has 0 radical (unpaired) electrons. The second kappa shape index (κ2) is 5.38. The Kier molecular flexibility index (Phi) is 3.96. The van der Waals surface area contributed by atoms with Gasteiger partial charge in [-0.2, -0.15) is 8.42 Å². The van der Waals surface area contributed by atoms with Gasteiger partial charge in [-0.25, -0.2) is 8.78 Å². The molecule has 0 aliphatic heterocycles. The Balaban J connectivity index is 2.38. The Morgan fingerprint density at radius 2 is 1.80 bits per heavy atom. The van der Waals surface area contributed by atoms with Crippen LogP contribution in [0.1, 0.15) is 5.56 Å². The average molecular weight is 319 g/mol. The summed E-state index contributed by atoms with van der Waals surface area (Å²) in [6, 6.07) is 6.33. The summed E-state index contributed by atoms with van der Waals surface area (Å²) in [7, 11) is -4.38. The first kappa shape index (κ1) is 14.7. The molecule has 0 amide bonds. The first-order valence-electron chi connectivity index (χ1n) is 5.45. The molecule has 0 heterocycles. The van der Waals surface area contributed by atoms with E-state index < -0.39 is 26.6 Å². The van der Waals surface area contributed by atoms with Gasteiger partial charge in [0.05, 0.1) is 0 Å². The molecule has 0 aliphatic rings. The second-order valence-corrected chi connectivity index (χ2v) is 5.95. The Labute approximate surface area is 119 Å². The fraction of sp³-hybridized carbons (Fsp3) is 0.0769. The standard InChI is InChI=1S/C13H9ClF2O3S/c1-8-6-10(3-4-11(8)14)19-20(17,18)13-5-2-9(15)7-12(13)16/h2-7H,1H3. The van der Waals surface area contributed by atoms with Gasteiger partial charge in [-0.3, -0.25) is 0 Å². The van der Waals surface area contributed by atoms with Gasteiger partial charge < -0.3 is 4.18 Å². The molecule has 7 heteroatoms. The van der Waals surface area contributed by atoms with Crippen LogP contribution in [0, 0.1) is 18.6 Å². The van der Waals surface area contributed by atoms with Crippen LogP contribution in [0.3, 0.4) is 0 Å². The van der Waals surface area contributed by atoms with Crippen molar-refractivity contribution in [2.75, 3.05) is 0 Å². The Morgan fingerprint density at radius 3 is 2.40 bits per heavy atom. The lowest BCUT2D eigenvalue weighted by molar-refractivity contribution is 0.474. The van der Waals surface area contributed by atoms with Crippen LogP contribution in [0.15, 0.2) is 41.3 Å². The van der Waals surface area contributed by atoms with Gasteiger partial charge in [0, 0.05) is 11.1 Å². The van der Waals surface area contributed by atoms with Gasteiger partial charge in [0.15, 0.2) is 0 Å². The van der Waals surface area contributed by atoms with E-state index in [1.54, 1.807) is 6.92 Å². The van der Waals surface area contributed by atoms with Gasteiger partial charge in [0.1, 0.15) is 22.3 Å². The molecule has 0 spiro atoms. The molecule has 0 atom stereocenters. The quantitative estimate of drug-likeness (QED) is 0.811. The monoisotopic (exact) mass is 318 g/mol. The highest BCUT2D eigenvalue weighted by molar-refractivity contribution is 7.87. The highest BCUT2D eigenvalue weighted by Gasteiger charge is 2.22. The van der Waals surface area contributed by atoms with Crippen molar-refractivity contribution in [1.82, 2.24) is 0 Å². The molecule has 0 aliphatic carbocycles. The maximum atomic E-state index is 13.5. The number of hydrogen-bond donors (Lipinski definition) is 0. The number of rotatable bonds is 3. The van der Waals surface area contributed by atoms with Crippen molar-refractivity contribution in [2.24, 2.45) is 0 Å². The van der Waals surface area contributed by atoms with E-state index in [1.807, 2.05) is 0 Å². The summed E-state index contributed by atoms with van der Waals surface area (Å²) >= 11 is 5.80. The molecular weight excluding hydrogens is 310 g/mol. The largest absolute Gasteiger partial charge is 0.379 e. The van der Waals surface area contributed by atoms with Crippen molar-refractivity contribution < 1.29 is 21.4 Å². The molecule has 20 heavy (non-hydrogen) atoms. The van der Waals surface area contributed by atoms with Crippen LogP contribution < -0.4 is 4.18 Å². The van der Waals surface area contributed by atoms with Crippen LogP contribution in [0.25, 0.3) is 0 Å². The first-order valence-corrected chi connectivity index (χ1v) is 7.24. The minimum absolute atomic E-state index is 0.00405. The van der Waals surface area contributed by atoms with Crippen molar-refractivity contribution >= 4 is 21.7 Å². The van der Waals surface area contributed by atoms with Crippen molar-refractivity contribution in [3.05, 3.63) is 58.6 Å². The summed E-state index contributed by atoms with van der Waals surface area (Å²) in [4.78, 5) is -0.730. The van der Waals surface area contributed by atoms with E-state index in [1.165, 1.54) is 18.2 Å². The fourth-order valence-corrected chi connectivity index (χ4v) is 2.62. The molecule has 0 saturated heterocycles. The minimum Gasteiger partial charge on any atom is -0.379 e. The highest BCUT2D eigenvalue weighted by Crippen LogP contribution is 2.25. The van der Waals surface area contributed by atoms with Crippen molar-refractivity contribution in [1.29, 1.82) is 0 Å². The zero-order chi connectivity index (χ0) is 14.9. The predicted molar refractivity (Wildman–Crippen MR) is 70.4 cm³/mol. The molecule has 3 nitrogen and oxygen atoms in total. The summed E-state index contributed by atoms with van der Waals surface area (Å²) in [6.07, 6.45) is 0. The van der Waals surface area contributed by atoms with Gasteiger partial charge in [-0.05, 0) is 42.8 Å². The molecule has 0 saturated carbocycles. The smallest absolute Gasteiger partial charge is 0.342 e. The number of benzene rings is 2. The summed E-state index contributed by atoms with van der Waals surface area (Å²) in [6.45, 7) is 1.67. The Morgan fingerprint density at radius 1 is 1.10 bits per heavy atom. The molecule has 0 fully saturated rings. The van der Waals surface area contributed by atoms with Crippen molar-refractivity contribution in [3.63, 3.8) is 0 Å². The lowest BCUT2D eigenvalue weighted by atomic mass is 10.2. The molecule has 0 unspecified atom stereocenters. The van der Waals surface area contributed by atoms with E-state index in [4.69, 9.17) is 15.8 Å². The normalized spacial score (nSPS) is 11.4. The molecule has 0 aromatic heterocycles. The maximum absolute atomic E-state index is 13.5. The van der Waals surface area contributed by atoms with E-state index in [0.29, 0.717) is 16.7 Å². The van der Waals surface area contributed by atoms with E-state index in [-0.39, 0.29) is 5.75 Å². The average Bonchev–Trinajstić information content (AvgIpc) is 2.33. The topological polar surface area (TPSA) is 43.4 Å². The molecule has 0 bridgehead atoms. The molecular formula is C13H9ClF2O3S. The lowest BCUT2D eigenvalue weighted by Gasteiger charge is -2.09. The van der Waals surface area contributed by atoms with E-state index in [0.717, 1.165) is 12.1 Å². The third kappa shape index (κ3) is 3.08. The summed E-state index contributed by atoms with van der Waals surface area (Å²) in [5.41, 5.74) is 0.610. The van der Waals surface area contributed by atoms with Crippen LogP contribution in [0.4, 0.5) is 8.78 Å². The summed E-state index contributed by atoms with van der Waals surface area (Å²) < 4.78 is 54.9. The maximum Gasteiger partial charge on any atom is 0.342 e. The van der Waals surface area contributed by atoms with Gasteiger partial charge in [0.25, 0.3) is 0 Å². The van der Waals surface area contributed by atoms with Crippen molar-refractivity contribution in [3.8, 4) is 5.75 Å². The Bertz CT molecular complexity index is 760. The van der Waals surface area contributed by atoms with Crippen LogP contribution in [-0.4, -0.2) is 8.42 Å². The van der Waals surface area contributed by atoms with Gasteiger partial charge in [0.2, 0.25) is 0 Å². The molecule has 2 rings (SSSR count). The van der Waals surface area contributed by atoms with E-state index >= 15 is 0 Å². The second-order valence-electron chi connectivity index (χ2n) is 4.02. The SMILES string of the molecule is Cc1cc(OS(=O)(=O)c2ccc(F)cc2F)ccc1Cl. The van der Waals surface area contributed by atoms with Crippen LogP contribution in [0.2, 0.25) is 5.02 Å².